The molecule has 2 aliphatic rings. The lowest BCUT2D eigenvalue weighted by Gasteiger charge is -2.31. The minimum atomic E-state index is -1.84. The van der Waals surface area contributed by atoms with E-state index in [0.29, 0.717) is 41.9 Å². The van der Waals surface area contributed by atoms with Crippen molar-refractivity contribution in [3.8, 4) is 11.4 Å². The van der Waals surface area contributed by atoms with Crippen LogP contribution in [0.25, 0.3) is 22.3 Å². The van der Waals surface area contributed by atoms with Gasteiger partial charge < -0.3 is 19.1 Å². The molecular formula is C26H26N2O6. The zero-order valence-electron chi connectivity index (χ0n) is 19.4. The molecule has 0 aliphatic carbocycles. The van der Waals surface area contributed by atoms with E-state index in [1.54, 1.807) is 17.6 Å². The Bertz CT molecular complexity index is 1420. The van der Waals surface area contributed by atoms with Crippen molar-refractivity contribution in [3.63, 3.8) is 0 Å². The first kappa shape index (κ1) is 22.3. The molecule has 0 radical (unpaired) electrons. The van der Waals surface area contributed by atoms with Crippen LogP contribution in [0.2, 0.25) is 0 Å². The number of carbonyl (C=O) groups excluding carboxylic acids is 2. The molecule has 0 amide bonds. The molecule has 0 bridgehead atoms. The van der Waals surface area contributed by atoms with Crippen LogP contribution in [0.3, 0.4) is 0 Å². The highest BCUT2D eigenvalue weighted by atomic mass is 16.6. The van der Waals surface area contributed by atoms with Crippen LogP contribution < -0.4 is 5.56 Å². The molecule has 0 saturated carbocycles. The monoisotopic (exact) mass is 462 g/mol. The fourth-order valence-corrected chi connectivity index (χ4v) is 5.12. The van der Waals surface area contributed by atoms with Crippen LogP contribution in [0.4, 0.5) is 0 Å². The lowest BCUT2D eigenvalue weighted by Crippen LogP contribution is -2.44. The Morgan fingerprint density at radius 2 is 2.03 bits per heavy atom. The normalized spacial score (nSPS) is 18.3. The molecule has 0 unspecified atom stereocenters. The molecule has 1 N–H and O–H groups in total. The summed E-state index contributed by atoms with van der Waals surface area (Å²) in [4.78, 5) is 42.2. The van der Waals surface area contributed by atoms with Gasteiger partial charge >= 0.3 is 11.9 Å². The predicted octanol–water partition coefficient (Wildman–Crippen LogP) is 2.75. The van der Waals surface area contributed by atoms with Gasteiger partial charge in [0.1, 0.15) is 6.61 Å². The third-order valence-electron chi connectivity index (χ3n) is 7.07. The Morgan fingerprint density at radius 1 is 1.24 bits per heavy atom. The predicted molar refractivity (Wildman–Crippen MR) is 124 cm³/mol. The summed E-state index contributed by atoms with van der Waals surface area (Å²) in [6, 6.07) is 7.67. The summed E-state index contributed by atoms with van der Waals surface area (Å²) in [7, 11) is 1.38. The van der Waals surface area contributed by atoms with Crippen LogP contribution in [0.15, 0.2) is 29.1 Å². The van der Waals surface area contributed by atoms with Crippen LogP contribution in [0.1, 0.15) is 54.5 Å². The zero-order valence-corrected chi connectivity index (χ0v) is 19.4. The maximum atomic E-state index is 13.4. The van der Waals surface area contributed by atoms with Gasteiger partial charge in [0, 0.05) is 22.9 Å². The lowest BCUT2D eigenvalue weighted by atomic mass is 9.86. The van der Waals surface area contributed by atoms with Crippen LogP contribution in [-0.2, 0) is 50.7 Å². The van der Waals surface area contributed by atoms with E-state index in [-0.39, 0.29) is 24.6 Å². The Morgan fingerprint density at radius 3 is 2.74 bits per heavy atom. The van der Waals surface area contributed by atoms with Crippen molar-refractivity contribution in [2.24, 2.45) is 0 Å². The van der Waals surface area contributed by atoms with Crippen LogP contribution in [-0.4, -0.2) is 33.7 Å². The number of esters is 2. The van der Waals surface area contributed by atoms with Crippen molar-refractivity contribution in [3.05, 3.63) is 62.4 Å². The smallest absolute Gasteiger partial charge is 0.343 e. The van der Waals surface area contributed by atoms with Crippen molar-refractivity contribution >= 4 is 22.8 Å². The number of aromatic nitrogens is 2. The summed E-state index contributed by atoms with van der Waals surface area (Å²) in [6.07, 6.45) is 1.72. The van der Waals surface area contributed by atoms with E-state index in [1.807, 2.05) is 12.1 Å². The molecule has 0 spiro atoms. The summed E-state index contributed by atoms with van der Waals surface area (Å²) < 4.78 is 11.6. The second-order valence-corrected chi connectivity index (χ2v) is 8.80. The number of ether oxygens (including phenoxy) is 2. The van der Waals surface area contributed by atoms with Crippen LogP contribution in [0, 0.1) is 0 Å². The molecule has 3 aromatic rings. The number of nitrogens with zero attached hydrogens (tertiary/aromatic N) is 2. The number of methoxy groups -OCH3 is 1. The van der Waals surface area contributed by atoms with E-state index in [9.17, 15) is 19.5 Å². The topological polar surface area (TPSA) is 108 Å². The third kappa shape index (κ3) is 3.16. The van der Waals surface area contributed by atoms with Gasteiger partial charge in [0.25, 0.3) is 5.56 Å². The summed E-state index contributed by atoms with van der Waals surface area (Å²) in [5.41, 5.74) is 3.68. The zero-order chi connectivity index (χ0) is 24.2. The molecule has 34 heavy (non-hydrogen) atoms. The van der Waals surface area contributed by atoms with E-state index >= 15 is 0 Å². The number of fused-ring (bicyclic) bond motifs is 5. The van der Waals surface area contributed by atoms with E-state index in [0.717, 1.165) is 34.0 Å². The van der Waals surface area contributed by atoms with Crippen molar-refractivity contribution in [2.75, 3.05) is 7.11 Å². The van der Waals surface area contributed by atoms with Gasteiger partial charge in [-0.1, -0.05) is 19.9 Å². The van der Waals surface area contributed by atoms with E-state index in [4.69, 9.17) is 14.5 Å². The lowest BCUT2D eigenvalue weighted by molar-refractivity contribution is -0.172. The average molecular weight is 463 g/mol. The van der Waals surface area contributed by atoms with Crippen molar-refractivity contribution in [2.45, 2.75) is 58.3 Å². The Kier molecular flexibility index (Phi) is 5.28. The fraction of sp³-hybridized carbons (Fsp3) is 0.385. The minimum Gasteiger partial charge on any atom is -0.469 e. The molecule has 0 fully saturated rings. The molecule has 0 saturated heterocycles. The van der Waals surface area contributed by atoms with Crippen molar-refractivity contribution in [1.82, 2.24) is 9.55 Å². The highest BCUT2D eigenvalue weighted by molar-refractivity contribution is 5.89. The number of hydrogen-bond acceptors (Lipinski definition) is 7. The van der Waals surface area contributed by atoms with Crippen LogP contribution >= 0.6 is 0 Å². The number of carbonyl (C=O) groups is 2. The standard InChI is InChI=1S/C26H26N2O6/c1-4-15-16-10-14(7-9-22(29)33-3)6-8-20(16)27-23-17(15)12-28-21(23)11-19-18(24(28)30)13-34-25(31)26(19,32)5-2/h6,8,10-11,32H,4-5,7,9,12-13H2,1-3H3/t26-/m0/s1. The molecule has 8 nitrogen and oxygen atoms in total. The summed E-state index contributed by atoms with van der Waals surface area (Å²) in [6.45, 7) is 3.97. The highest BCUT2D eigenvalue weighted by Crippen LogP contribution is 2.40. The molecule has 2 aromatic heterocycles. The Balaban J connectivity index is 1.68. The quantitative estimate of drug-likeness (QED) is 0.455. The Hall–Kier alpha value is -3.52. The SMILES string of the molecule is CCc1c2c(nc3ccc(CCC(=O)OC)cc13)-c1cc3c(c(=O)n1C2)COC(=O)[C@]3(O)CC. The number of cyclic esters (lactones) is 1. The van der Waals surface area contributed by atoms with Crippen LogP contribution in [0.5, 0.6) is 0 Å². The molecule has 176 valence electrons. The third-order valence-corrected chi connectivity index (χ3v) is 7.07. The second kappa shape index (κ2) is 8.06. The van der Waals surface area contributed by atoms with Gasteiger partial charge in [-0.2, -0.15) is 0 Å². The number of aryl methyl sites for hydroxylation is 2. The number of hydrogen-bond donors (Lipinski definition) is 1. The van der Waals surface area contributed by atoms with Gasteiger partial charge in [-0.05, 0) is 48.6 Å². The van der Waals surface area contributed by atoms with Gasteiger partial charge in [-0.3, -0.25) is 9.59 Å². The maximum Gasteiger partial charge on any atom is 0.343 e. The first-order chi connectivity index (χ1) is 16.3. The van der Waals surface area contributed by atoms with Crippen molar-refractivity contribution in [1.29, 1.82) is 0 Å². The summed E-state index contributed by atoms with van der Waals surface area (Å²) in [5.74, 6) is -0.985. The Labute approximate surface area is 196 Å². The number of pyridine rings is 2. The van der Waals surface area contributed by atoms with E-state index in [1.165, 1.54) is 7.11 Å². The largest absolute Gasteiger partial charge is 0.469 e. The van der Waals surface area contributed by atoms with Gasteiger partial charge in [-0.15, -0.1) is 0 Å². The molecule has 2 aliphatic heterocycles. The van der Waals surface area contributed by atoms with E-state index < -0.39 is 11.6 Å². The molecule has 5 rings (SSSR count). The van der Waals surface area contributed by atoms with Gasteiger partial charge in [0.05, 0.1) is 36.1 Å². The maximum absolute atomic E-state index is 13.4. The van der Waals surface area contributed by atoms with Crippen molar-refractivity contribution < 1.29 is 24.2 Å². The number of rotatable bonds is 5. The number of aliphatic hydroxyl groups is 1. The molecule has 1 atom stereocenters. The van der Waals surface area contributed by atoms with Gasteiger partial charge in [0.15, 0.2) is 5.60 Å². The first-order valence-corrected chi connectivity index (χ1v) is 11.5. The molecule has 4 heterocycles. The summed E-state index contributed by atoms with van der Waals surface area (Å²) in [5, 5.41) is 12.0. The minimum absolute atomic E-state index is 0.105. The first-order valence-electron chi connectivity index (χ1n) is 11.5. The van der Waals surface area contributed by atoms with Gasteiger partial charge in [-0.25, -0.2) is 9.78 Å². The fourth-order valence-electron chi connectivity index (χ4n) is 5.12. The molecule has 8 heteroatoms. The molecule has 1 aromatic carbocycles. The average Bonchev–Trinajstić information content (AvgIpc) is 3.22. The molecular weight excluding hydrogens is 436 g/mol. The number of benzene rings is 1. The summed E-state index contributed by atoms with van der Waals surface area (Å²) >= 11 is 0. The highest BCUT2D eigenvalue weighted by Gasteiger charge is 2.45. The second-order valence-electron chi connectivity index (χ2n) is 8.80. The van der Waals surface area contributed by atoms with E-state index in [2.05, 4.69) is 13.0 Å². The van der Waals surface area contributed by atoms with Gasteiger partial charge in [0.2, 0.25) is 0 Å².